The molecule has 4 aliphatic rings. The van der Waals surface area contributed by atoms with Crippen molar-refractivity contribution in [3.63, 3.8) is 0 Å². The van der Waals surface area contributed by atoms with Crippen LogP contribution in [0.2, 0.25) is 0 Å². The van der Waals surface area contributed by atoms with Crippen LogP contribution in [0.1, 0.15) is 81.0 Å². The molecule has 6 atom stereocenters. The second-order valence-corrected chi connectivity index (χ2v) is 8.94. The first kappa shape index (κ1) is 24.9. The quantitative estimate of drug-likeness (QED) is 0.503. The zero-order chi connectivity index (χ0) is 24.3. The molecule has 182 valence electrons. The van der Waals surface area contributed by atoms with Crippen LogP contribution in [0, 0.1) is 29.6 Å². The van der Waals surface area contributed by atoms with Crippen molar-refractivity contribution in [1.29, 1.82) is 0 Å². The summed E-state index contributed by atoms with van der Waals surface area (Å²) < 4.78 is 8.69. The highest BCUT2D eigenvalue weighted by Crippen LogP contribution is 2.62. The van der Waals surface area contributed by atoms with E-state index in [1.807, 2.05) is 0 Å². The van der Waals surface area contributed by atoms with Crippen LogP contribution in [0.3, 0.4) is 0 Å². The predicted molar refractivity (Wildman–Crippen MR) is 118 cm³/mol. The van der Waals surface area contributed by atoms with E-state index < -0.39 is 17.9 Å². The summed E-state index contributed by atoms with van der Waals surface area (Å²) in [5.41, 5.74) is 2.29. The van der Waals surface area contributed by atoms with E-state index in [2.05, 4.69) is 33.5 Å². The Morgan fingerprint density at radius 3 is 1.97 bits per heavy atom. The molecule has 4 aliphatic carbocycles. The van der Waals surface area contributed by atoms with Gasteiger partial charge < -0.3 is 14.6 Å². The molecular formula is C24H34N2O7. The van der Waals surface area contributed by atoms with Gasteiger partial charge in [0, 0.05) is 29.5 Å². The summed E-state index contributed by atoms with van der Waals surface area (Å²) in [5.74, 6) is 1.98. The lowest BCUT2D eigenvalue weighted by Gasteiger charge is -1.99. The van der Waals surface area contributed by atoms with Crippen LogP contribution in [-0.4, -0.2) is 52.2 Å². The fraction of sp³-hybridized carbons (Fsp3) is 0.708. The van der Waals surface area contributed by atoms with E-state index in [-0.39, 0.29) is 18.9 Å². The van der Waals surface area contributed by atoms with Gasteiger partial charge in [-0.25, -0.2) is 14.4 Å². The number of esters is 2. The Bertz CT molecular complexity index is 889. The minimum Gasteiger partial charge on any atom is -0.476 e. The maximum absolute atomic E-state index is 11.0. The minimum absolute atomic E-state index is 0.192. The number of fused-ring (bicyclic) bond motifs is 4. The fourth-order valence-corrected chi connectivity index (χ4v) is 5.71. The molecular weight excluding hydrogens is 428 g/mol. The topological polar surface area (TPSA) is 136 Å². The number of aromatic nitrogens is 2. The molecule has 0 unspecified atom stereocenters. The molecule has 1 heterocycles. The van der Waals surface area contributed by atoms with Crippen LogP contribution in [-0.2, 0) is 30.3 Å². The number of ketones is 1. The normalized spacial score (nSPS) is 29.3. The van der Waals surface area contributed by atoms with Gasteiger partial charge in [0.15, 0.2) is 5.69 Å². The zero-order valence-electron chi connectivity index (χ0n) is 19.8. The van der Waals surface area contributed by atoms with Gasteiger partial charge in [-0.2, -0.15) is 5.10 Å². The van der Waals surface area contributed by atoms with E-state index in [4.69, 9.17) is 5.11 Å². The second-order valence-electron chi connectivity index (χ2n) is 8.94. The monoisotopic (exact) mass is 462 g/mol. The highest BCUT2D eigenvalue weighted by Gasteiger charge is 2.57. The molecule has 5 rings (SSSR count). The zero-order valence-corrected chi connectivity index (χ0v) is 19.8. The Kier molecular flexibility index (Phi) is 7.92. The smallest absolute Gasteiger partial charge is 0.417 e. The average Bonchev–Trinajstić information content (AvgIpc) is 3.47. The number of hydrogen-bond donors (Lipinski definition) is 2. The third-order valence-electron chi connectivity index (χ3n) is 7.29. The molecule has 1 aromatic heterocycles. The SMILES string of the molecule is CCOC(=O)C(=O)OCC.CC[C@@H]1[C@@H]2CCC(=O)[C@H]12.CC[C@@H]1[C@@H]2Cc3c(C(=O)O)n[nH]c3[C@H]12. The molecule has 0 bridgehead atoms. The molecule has 2 N–H and O–H groups in total. The molecule has 9 nitrogen and oxygen atoms in total. The van der Waals surface area contributed by atoms with Crippen molar-refractivity contribution in [3.8, 4) is 0 Å². The van der Waals surface area contributed by atoms with E-state index in [1.54, 1.807) is 13.8 Å². The van der Waals surface area contributed by atoms with Gasteiger partial charge in [0.05, 0.1) is 13.2 Å². The Balaban J connectivity index is 0.000000144. The number of aromatic carboxylic acids is 1. The van der Waals surface area contributed by atoms with Gasteiger partial charge in [0.2, 0.25) is 0 Å². The fourth-order valence-electron chi connectivity index (χ4n) is 5.71. The maximum atomic E-state index is 11.0. The van der Waals surface area contributed by atoms with E-state index in [1.165, 1.54) is 19.3 Å². The van der Waals surface area contributed by atoms with Crippen molar-refractivity contribution in [2.75, 3.05) is 13.2 Å². The molecule has 0 spiro atoms. The van der Waals surface area contributed by atoms with Crippen LogP contribution in [0.5, 0.6) is 0 Å². The number of Topliss-reactive ketones (excluding diaryl/α,β-unsaturated/α-hetero) is 1. The van der Waals surface area contributed by atoms with Crippen molar-refractivity contribution in [2.45, 2.75) is 65.7 Å². The van der Waals surface area contributed by atoms with E-state index >= 15 is 0 Å². The van der Waals surface area contributed by atoms with Crippen molar-refractivity contribution >= 4 is 23.7 Å². The Morgan fingerprint density at radius 2 is 1.55 bits per heavy atom. The number of nitrogens with zero attached hydrogens (tertiary/aromatic N) is 1. The van der Waals surface area contributed by atoms with Gasteiger partial charge in [-0.1, -0.05) is 26.7 Å². The number of nitrogens with one attached hydrogen (secondary N) is 1. The van der Waals surface area contributed by atoms with Gasteiger partial charge in [0.25, 0.3) is 0 Å². The standard InChI is InChI=1S/C10H12N2O2.C8H12O.C6H10O4/c1-2-4-5-3-6-8(7(4)5)11-12-9(6)10(13)14;1-2-5-6-3-4-7(9)8(5)6;1-3-9-5(7)6(8)10-4-2/h4-5,7H,2-3H2,1H3,(H,11,12)(H,13,14);5-6,8H,2-4H2,1H3;3-4H2,1-2H3/t4-,5+,7-;5-,6+,8-;/m11./s1. The maximum Gasteiger partial charge on any atom is 0.417 e. The molecule has 0 radical (unpaired) electrons. The molecule has 1 aromatic rings. The number of carboxylic acid groups (broad SMARTS) is 1. The Morgan fingerprint density at radius 1 is 0.970 bits per heavy atom. The summed E-state index contributed by atoms with van der Waals surface area (Å²) in [4.78, 5) is 42.7. The molecule has 33 heavy (non-hydrogen) atoms. The Labute approximate surface area is 193 Å². The summed E-state index contributed by atoms with van der Waals surface area (Å²) in [6.45, 7) is 8.01. The second kappa shape index (κ2) is 10.5. The van der Waals surface area contributed by atoms with Crippen LogP contribution < -0.4 is 0 Å². The van der Waals surface area contributed by atoms with E-state index in [9.17, 15) is 19.2 Å². The van der Waals surface area contributed by atoms with Crippen LogP contribution in [0.15, 0.2) is 0 Å². The summed E-state index contributed by atoms with van der Waals surface area (Å²) in [6, 6.07) is 0. The van der Waals surface area contributed by atoms with Crippen molar-refractivity contribution in [1.82, 2.24) is 10.2 Å². The van der Waals surface area contributed by atoms with E-state index in [0.29, 0.717) is 23.5 Å². The molecule has 3 fully saturated rings. The number of carboxylic acids is 1. The Hall–Kier alpha value is -2.71. The lowest BCUT2D eigenvalue weighted by Crippen LogP contribution is -2.19. The number of hydrogen-bond acceptors (Lipinski definition) is 7. The average molecular weight is 463 g/mol. The number of rotatable bonds is 5. The first-order valence-electron chi connectivity index (χ1n) is 12.0. The summed E-state index contributed by atoms with van der Waals surface area (Å²) in [7, 11) is 0. The van der Waals surface area contributed by atoms with Crippen LogP contribution in [0.4, 0.5) is 0 Å². The van der Waals surface area contributed by atoms with E-state index in [0.717, 1.165) is 41.9 Å². The molecule has 3 saturated carbocycles. The summed E-state index contributed by atoms with van der Waals surface area (Å²) >= 11 is 0. The highest BCUT2D eigenvalue weighted by atomic mass is 16.6. The number of carbonyl (C=O) groups excluding carboxylic acids is 3. The lowest BCUT2D eigenvalue weighted by molar-refractivity contribution is -0.167. The van der Waals surface area contributed by atoms with Gasteiger partial charge in [-0.15, -0.1) is 0 Å². The first-order valence-corrected chi connectivity index (χ1v) is 12.0. The van der Waals surface area contributed by atoms with Crippen molar-refractivity contribution in [3.05, 3.63) is 17.0 Å². The van der Waals surface area contributed by atoms with Gasteiger partial charge in [-0.05, 0) is 50.4 Å². The third kappa shape index (κ3) is 5.12. The summed E-state index contributed by atoms with van der Waals surface area (Å²) in [6.07, 6.45) is 5.40. The van der Waals surface area contributed by atoms with Gasteiger partial charge >= 0.3 is 17.9 Å². The van der Waals surface area contributed by atoms with Crippen molar-refractivity contribution < 1.29 is 33.8 Å². The number of aromatic amines is 1. The van der Waals surface area contributed by atoms with Crippen molar-refractivity contribution in [2.24, 2.45) is 29.6 Å². The minimum atomic E-state index is -0.927. The molecule has 0 aliphatic heterocycles. The largest absolute Gasteiger partial charge is 0.476 e. The molecule has 9 heteroatoms. The third-order valence-corrected chi connectivity index (χ3v) is 7.29. The molecule has 0 aromatic carbocycles. The van der Waals surface area contributed by atoms with Gasteiger partial charge in [0.1, 0.15) is 5.78 Å². The lowest BCUT2D eigenvalue weighted by atomic mass is 10.1. The summed E-state index contributed by atoms with van der Waals surface area (Å²) in [5, 5.41) is 15.6. The highest BCUT2D eigenvalue weighted by molar-refractivity contribution is 6.29. The molecule has 0 saturated heterocycles. The predicted octanol–water partition coefficient (Wildman–Crippen LogP) is 3.14. The van der Waals surface area contributed by atoms with Crippen LogP contribution in [0.25, 0.3) is 0 Å². The number of H-pyrrole nitrogens is 1. The molecule has 0 amide bonds. The van der Waals surface area contributed by atoms with Crippen LogP contribution >= 0.6 is 0 Å². The first-order chi connectivity index (χ1) is 15.8. The number of carbonyl (C=O) groups is 4. The van der Waals surface area contributed by atoms with Gasteiger partial charge in [-0.3, -0.25) is 9.89 Å². The number of ether oxygens (including phenoxy) is 2.